The molecule has 0 spiro atoms. The van der Waals surface area contributed by atoms with Gasteiger partial charge in [0.2, 0.25) is 0 Å². The molecule has 1 rings (SSSR count). The smallest absolute Gasteiger partial charge is 0.328 e. The van der Waals surface area contributed by atoms with Crippen LogP contribution in [-0.4, -0.2) is 28.5 Å². The normalized spacial score (nSPS) is 12.7. The fourth-order valence-electron chi connectivity index (χ4n) is 1.33. The van der Waals surface area contributed by atoms with Crippen molar-refractivity contribution in [1.82, 2.24) is 10.3 Å². The Morgan fingerprint density at radius 3 is 2.42 bits per heavy atom. The predicted octanol–water partition coefficient (Wildman–Crippen LogP) is 1.85. The van der Waals surface area contributed by atoms with Gasteiger partial charge in [0, 0.05) is 11.9 Å². The van der Waals surface area contributed by atoms with Crippen LogP contribution in [-0.2, 0) is 9.53 Å². The van der Waals surface area contributed by atoms with Crippen molar-refractivity contribution in [2.45, 2.75) is 46.3 Å². The Hall–Kier alpha value is -1.91. The first kappa shape index (κ1) is 15.1. The third-order valence-corrected chi connectivity index (χ3v) is 2.28. The van der Waals surface area contributed by atoms with Gasteiger partial charge in [-0.15, -0.1) is 0 Å². The second-order valence-corrected chi connectivity index (χ2v) is 5.42. The zero-order valence-corrected chi connectivity index (χ0v) is 12.0. The van der Waals surface area contributed by atoms with Crippen molar-refractivity contribution in [1.29, 1.82) is 0 Å². The van der Waals surface area contributed by atoms with Gasteiger partial charge in [0.1, 0.15) is 11.6 Å². The molecule has 0 radical (unpaired) electrons. The summed E-state index contributed by atoms with van der Waals surface area (Å²) in [6.07, 6.45) is 1.48. The van der Waals surface area contributed by atoms with Gasteiger partial charge in [-0.25, -0.2) is 4.79 Å². The standard InChI is InChI=1S/C14H20N2O3/c1-9-6-7-11(8-15-9)12(17)16-10(2)13(18)19-14(3,4)5/h6-8,10H,1-5H3,(H,16,17)/t10-/m1/s1. The Morgan fingerprint density at radius 1 is 1.32 bits per heavy atom. The van der Waals surface area contributed by atoms with Crippen LogP contribution in [0.2, 0.25) is 0 Å². The highest BCUT2D eigenvalue weighted by Gasteiger charge is 2.23. The Bertz CT molecular complexity index is 461. The van der Waals surface area contributed by atoms with E-state index < -0.39 is 17.6 Å². The number of aryl methyl sites for hydroxylation is 1. The van der Waals surface area contributed by atoms with Gasteiger partial charge in [0.05, 0.1) is 5.56 Å². The molecule has 19 heavy (non-hydrogen) atoms. The van der Waals surface area contributed by atoms with Gasteiger partial charge < -0.3 is 10.1 Å². The van der Waals surface area contributed by atoms with Gasteiger partial charge in [-0.2, -0.15) is 0 Å². The summed E-state index contributed by atoms with van der Waals surface area (Å²) in [6.45, 7) is 8.77. The second kappa shape index (κ2) is 5.82. The van der Waals surface area contributed by atoms with Gasteiger partial charge in [-0.3, -0.25) is 9.78 Å². The molecule has 1 N–H and O–H groups in total. The molecule has 5 nitrogen and oxygen atoms in total. The van der Waals surface area contributed by atoms with Gasteiger partial charge >= 0.3 is 5.97 Å². The predicted molar refractivity (Wildman–Crippen MR) is 71.7 cm³/mol. The van der Waals surface area contributed by atoms with Crippen molar-refractivity contribution in [3.8, 4) is 0 Å². The third-order valence-electron chi connectivity index (χ3n) is 2.28. The molecule has 0 fully saturated rings. The molecule has 1 aromatic rings. The third kappa shape index (κ3) is 5.07. The van der Waals surface area contributed by atoms with E-state index in [1.165, 1.54) is 6.20 Å². The van der Waals surface area contributed by atoms with E-state index in [2.05, 4.69) is 10.3 Å². The lowest BCUT2D eigenvalue weighted by Gasteiger charge is -2.22. The van der Waals surface area contributed by atoms with Crippen LogP contribution in [0.25, 0.3) is 0 Å². The average molecular weight is 264 g/mol. The number of aromatic nitrogens is 1. The minimum absolute atomic E-state index is 0.342. The van der Waals surface area contributed by atoms with Crippen molar-refractivity contribution in [2.75, 3.05) is 0 Å². The highest BCUT2D eigenvalue weighted by Crippen LogP contribution is 2.08. The maximum absolute atomic E-state index is 11.9. The number of ether oxygens (including phenoxy) is 1. The van der Waals surface area contributed by atoms with E-state index in [0.29, 0.717) is 5.56 Å². The molecular weight excluding hydrogens is 244 g/mol. The molecule has 0 aromatic carbocycles. The maximum Gasteiger partial charge on any atom is 0.328 e. The minimum Gasteiger partial charge on any atom is -0.458 e. The van der Waals surface area contributed by atoms with Crippen LogP contribution in [0.5, 0.6) is 0 Å². The molecule has 0 saturated carbocycles. The number of amides is 1. The first-order valence-electron chi connectivity index (χ1n) is 6.15. The van der Waals surface area contributed by atoms with E-state index in [1.807, 2.05) is 6.92 Å². The lowest BCUT2D eigenvalue weighted by atomic mass is 10.2. The molecule has 1 atom stereocenters. The molecule has 0 saturated heterocycles. The highest BCUT2D eigenvalue weighted by atomic mass is 16.6. The molecule has 0 unspecified atom stereocenters. The average Bonchev–Trinajstić information content (AvgIpc) is 2.27. The molecule has 0 aliphatic heterocycles. The van der Waals surface area contributed by atoms with E-state index in [0.717, 1.165) is 5.69 Å². The van der Waals surface area contributed by atoms with Crippen molar-refractivity contribution < 1.29 is 14.3 Å². The van der Waals surface area contributed by atoms with Crippen molar-refractivity contribution in [2.24, 2.45) is 0 Å². The largest absolute Gasteiger partial charge is 0.458 e. The number of rotatable bonds is 3. The number of hydrogen-bond acceptors (Lipinski definition) is 4. The SMILES string of the molecule is Cc1ccc(C(=O)N[C@H](C)C(=O)OC(C)(C)C)cn1. The monoisotopic (exact) mass is 264 g/mol. The number of hydrogen-bond donors (Lipinski definition) is 1. The zero-order chi connectivity index (χ0) is 14.6. The highest BCUT2D eigenvalue weighted by molar-refractivity contribution is 5.96. The van der Waals surface area contributed by atoms with Crippen molar-refractivity contribution in [3.05, 3.63) is 29.6 Å². The lowest BCUT2D eigenvalue weighted by Crippen LogP contribution is -2.42. The fraction of sp³-hybridized carbons (Fsp3) is 0.500. The van der Waals surface area contributed by atoms with E-state index >= 15 is 0 Å². The van der Waals surface area contributed by atoms with Crippen LogP contribution in [0.1, 0.15) is 43.7 Å². The summed E-state index contributed by atoms with van der Waals surface area (Å²) < 4.78 is 5.19. The number of carbonyl (C=O) groups is 2. The Labute approximate surface area is 113 Å². The maximum atomic E-state index is 11.9. The topological polar surface area (TPSA) is 68.3 Å². The molecule has 104 valence electrons. The minimum atomic E-state index is -0.701. The summed E-state index contributed by atoms with van der Waals surface area (Å²) >= 11 is 0. The van der Waals surface area contributed by atoms with E-state index in [9.17, 15) is 9.59 Å². The number of nitrogens with zero attached hydrogens (tertiary/aromatic N) is 1. The first-order chi connectivity index (χ1) is 8.69. The lowest BCUT2D eigenvalue weighted by molar-refractivity contribution is -0.156. The van der Waals surface area contributed by atoms with E-state index in [1.54, 1.807) is 39.8 Å². The Kier molecular flexibility index (Phi) is 4.64. The molecule has 1 aromatic heterocycles. The Balaban J connectivity index is 2.61. The summed E-state index contributed by atoms with van der Waals surface area (Å²) in [5.74, 6) is -0.799. The summed E-state index contributed by atoms with van der Waals surface area (Å²) in [4.78, 5) is 27.6. The van der Waals surface area contributed by atoms with Crippen LogP contribution >= 0.6 is 0 Å². The van der Waals surface area contributed by atoms with Crippen LogP contribution in [0.3, 0.4) is 0 Å². The van der Waals surface area contributed by atoms with Crippen LogP contribution < -0.4 is 5.32 Å². The van der Waals surface area contributed by atoms with Gasteiger partial charge in [0.25, 0.3) is 5.91 Å². The van der Waals surface area contributed by atoms with E-state index in [-0.39, 0.29) is 5.91 Å². The van der Waals surface area contributed by atoms with Crippen LogP contribution in [0, 0.1) is 6.92 Å². The molecule has 1 heterocycles. The molecule has 0 aliphatic carbocycles. The second-order valence-electron chi connectivity index (χ2n) is 5.42. The molecule has 0 aliphatic rings. The number of nitrogens with one attached hydrogen (secondary N) is 1. The van der Waals surface area contributed by atoms with Crippen LogP contribution in [0.4, 0.5) is 0 Å². The molecule has 1 amide bonds. The molecule has 5 heteroatoms. The number of pyridine rings is 1. The van der Waals surface area contributed by atoms with Gasteiger partial charge in [0.15, 0.2) is 0 Å². The number of esters is 1. The quantitative estimate of drug-likeness (QED) is 0.846. The summed E-state index contributed by atoms with van der Waals surface area (Å²) in [5.41, 5.74) is 0.680. The van der Waals surface area contributed by atoms with Crippen molar-refractivity contribution >= 4 is 11.9 Å². The Morgan fingerprint density at radius 2 is 1.95 bits per heavy atom. The number of carbonyl (C=O) groups excluding carboxylic acids is 2. The van der Waals surface area contributed by atoms with Gasteiger partial charge in [-0.1, -0.05) is 0 Å². The first-order valence-corrected chi connectivity index (χ1v) is 6.15. The molecule has 0 bridgehead atoms. The zero-order valence-electron chi connectivity index (χ0n) is 12.0. The summed E-state index contributed by atoms with van der Waals surface area (Å²) in [5, 5.41) is 2.58. The van der Waals surface area contributed by atoms with E-state index in [4.69, 9.17) is 4.74 Å². The van der Waals surface area contributed by atoms with Crippen molar-refractivity contribution in [3.63, 3.8) is 0 Å². The summed E-state index contributed by atoms with van der Waals surface area (Å²) in [7, 11) is 0. The van der Waals surface area contributed by atoms with Gasteiger partial charge in [-0.05, 0) is 46.8 Å². The fourth-order valence-corrected chi connectivity index (χ4v) is 1.33. The summed E-state index contributed by atoms with van der Waals surface area (Å²) in [6, 6.07) is 2.71. The van der Waals surface area contributed by atoms with Crippen LogP contribution in [0.15, 0.2) is 18.3 Å². The molecular formula is C14H20N2O3.